The van der Waals surface area contributed by atoms with Gasteiger partial charge in [-0.2, -0.15) is 0 Å². The summed E-state index contributed by atoms with van der Waals surface area (Å²) in [4.78, 5) is 1.52. The van der Waals surface area contributed by atoms with Gasteiger partial charge >= 0.3 is 0 Å². The first-order valence-electron chi connectivity index (χ1n) is 5.66. The van der Waals surface area contributed by atoms with Gasteiger partial charge in [-0.3, -0.25) is 4.90 Å². The molecule has 3 N–H and O–H groups in total. The number of hydrogen-bond acceptors (Lipinski definition) is 4. The van der Waals surface area contributed by atoms with Crippen molar-refractivity contribution in [2.45, 2.75) is 6.10 Å². The molecule has 0 spiro atoms. The van der Waals surface area contributed by atoms with E-state index in [-0.39, 0.29) is 32.8 Å². The molecule has 1 rings (SSSR count). The number of aliphatic hydroxyl groups excluding tert-OH is 3. The summed E-state index contributed by atoms with van der Waals surface area (Å²) in [6.07, 6.45) is -1.34. The quantitative estimate of drug-likeness (QED) is 0.660. The number of rotatable bonds is 7. The van der Waals surface area contributed by atoms with Gasteiger partial charge in [0.1, 0.15) is 11.6 Å². The molecule has 0 saturated heterocycles. The van der Waals surface area contributed by atoms with Crippen molar-refractivity contribution in [1.29, 1.82) is 0 Å². The minimum atomic E-state index is -1.34. The van der Waals surface area contributed by atoms with E-state index in [9.17, 15) is 13.9 Å². The molecule has 4 nitrogen and oxygen atoms in total. The van der Waals surface area contributed by atoms with E-state index < -0.39 is 23.3 Å². The van der Waals surface area contributed by atoms with Crippen molar-refractivity contribution in [2.24, 2.45) is 0 Å². The highest BCUT2D eigenvalue weighted by molar-refractivity contribution is 5.22. The number of halogens is 2. The van der Waals surface area contributed by atoms with Crippen LogP contribution in [0.3, 0.4) is 0 Å². The lowest BCUT2D eigenvalue weighted by molar-refractivity contribution is 0.0832. The van der Waals surface area contributed by atoms with Crippen molar-refractivity contribution in [2.75, 3.05) is 32.8 Å². The maximum Gasteiger partial charge on any atom is 0.131 e. The fourth-order valence-electron chi connectivity index (χ4n) is 1.74. The Labute approximate surface area is 104 Å². The standard InChI is InChI=1S/C12H17F2NO3/c13-9-2-1-3-10(14)12(9)11(18)8-15(4-6-16)5-7-17/h1-3,11,16-18H,4-8H2. The van der Waals surface area contributed by atoms with Gasteiger partial charge in [0.15, 0.2) is 0 Å². The Bertz CT molecular complexity index is 350. The van der Waals surface area contributed by atoms with E-state index in [2.05, 4.69) is 0 Å². The highest BCUT2D eigenvalue weighted by Gasteiger charge is 2.20. The normalized spacial score (nSPS) is 13.0. The van der Waals surface area contributed by atoms with E-state index in [1.54, 1.807) is 0 Å². The molecule has 0 aliphatic rings. The molecule has 0 aliphatic heterocycles. The van der Waals surface area contributed by atoms with Crippen molar-refractivity contribution >= 4 is 0 Å². The Morgan fingerprint density at radius 3 is 2.00 bits per heavy atom. The molecule has 0 amide bonds. The van der Waals surface area contributed by atoms with Gasteiger partial charge in [0.05, 0.1) is 24.9 Å². The average molecular weight is 261 g/mol. The van der Waals surface area contributed by atoms with Gasteiger partial charge in [0, 0.05) is 19.6 Å². The van der Waals surface area contributed by atoms with Gasteiger partial charge in [0.2, 0.25) is 0 Å². The third-order valence-corrected chi connectivity index (χ3v) is 2.60. The van der Waals surface area contributed by atoms with Crippen LogP contribution in [0.1, 0.15) is 11.7 Å². The molecule has 1 aromatic rings. The van der Waals surface area contributed by atoms with Gasteiger partial charge in [0.25, 0.3) is 0 Å². The molecule has 0 aromatic heterocycles. The summed E-state index contributed by atoms with van der Waals surface area (Å²) in [5, 5.41) is 27.4. The SMILES string of the molecule is OCCN(CCO)CC(O)c1c(F)cccc1F. The summed E-state index contributed by atoms with van der Waals surface area (Å²) in [5.41, 5.74) is -0.390. The van der Waals surface area contributed by atoms with Crippen LogP contribution in [-0.4, -0.2) is 53.1 Å². The molecule has 0 bridgehead atoms. The molecule has 1 aromatic carbocycles. The van der Waals surface area contributed by atoms with E-state index in [0.717, 1.165) is 12.1 Å². The van der Waals surface area contributed by atoms with E-state index in [1.165, 1.54) is 11.0 Å². The van der Waals surface area contributed by atoms with Gasteiger partial charge in [-0.15, -0.1) is 0 Å². The molecule has 0 saturated carbocycles. The third kappa shape index (κ3) is 3.99. The van der Waals surface area contributed by atoms with Crippen molar-refractivity contribution in [1.82, 2.24) is 4.90 Å². The second-order valence-electron chi connectivity index (χ2n) is 3.90. The van der Waals surface area contributed by atoms with E-state index in [4.69, 9.17) is 10.2 Å². The van der Waals surface area contributed by atoms with Crippen LogP contribution < -0.4 is 0 Å². The predicted molar refractivity (Wildman–Crippen MR) is 61.9 cm³/mol. The second-order valence-corrected chi connectivity index (χ2v) is 3.90. The fourth-order valence-corrected chi connectivity index (χ4v) is 1.74. The Morgan fingerprint density at radius 2 is 1.56 bits per heavy atom. The number of benzene rings is 1. The zero-order valence-electron chi connectivity index (χ0n) is 9.89. The fraction of sp³-hybridized carbons (Fsp3) is 0.500. The maximum absolute atomic E-state index is 13.4. The Balaban J connectivity index is 2.76. The summed E-state index contributed by atoms with van der Waals surface area (Å²) in [6.45, 7) is 0.0549. The van der Waals surface area contributed by atoms with Crippen LogP contribution in [0.5, 0.6) is 0 Å². The maximum atomic E-state index is 13.4. The van der Waals surface area contributed by atoms with Gasteiger partial charge in [-0.1, -0.05) is 6.07 Å². The molecule has 0 fully saturated rings. The molecule has 102 valence electrons. The van der Waals surface area contributed by atoms with Crippen molar-refractivity contribution < 1.29 is 24.1 Å². The van der Waals surface area contributed by atoms with E-state index in [1.807, 2.05) is 0 Å². The second kappa shape index (κ2) is 7.38. The monoisotopic (exact) mass is 261 g/mol. The van der Waals surface area contributed by atoms with Crippen LogP contribution in [0.4, 0.5) is 8.78 Å². The Kier molecular flexibility index (Phi) is 6.14. The first-order chi connectivity index (χ1) is 8.60. The highest BCUT2D eigenvalue weighted by atomic mass is 19.1. The zero-order chi connectivity index (χ0) is 13.5. The van der Waals surface area contributed by atoms with Crippen LogP contribution >= 0.6 is 0 Å². The van der Waals surface area contributed by atoms with Crippen LogP contribution in [0.25, 0.3) is 0 Å². The van der Waals surface area contributed by atoms with Crippen molar-refractivity contribution in [3.05, 3.63) is 35.4 Å². The highest BCUT2D eigenvalue weighted by Crippen LogP contribution is 2.21. The summed E-state index contributed by atoms with van der Waals surface area (Å²) in [7, 11) is 0. The third-order valence-electron chi connectivity index (χ3n) is 2.60. The lowest BCUT2D eigenvalue weighted by atomic mass is 10.1. The first-order valence-corrected chi connectivity index (χ1v) is 5.66. The number of nitrogens with zero attached hydrogens (tertiary/aromatic N) is 1. The predicted octanol–water partition coefficient (Wildman–Crippen LogP) is 0.285. The van der Waals surface area contributed by atoms with Crippen LogP contribution in [-0.2, 0) is 0 Å². The molecule has 0 aliphatic carbocycles. The summed E-state index contributed by atoms with van der Waals surface area (Å²) < 4.78 is 26.8. The minimum Gasteiger partial charge on any atom is -0.395 e. The van der Waals surface area contributed by atoms with Gasteiger partial charge < -0.3 is 15.3 Å². The summed E-state index contributed by atoms with van der Waals surface area (Å²) in [5.74, 6) is -1.62. The van der Waals surface area contributed by atoms with Gasteiger partial charge in [-0.05, 0) is 12.1 Å². The Morgan fingerprint density at radius 1 is 1.06 bits per heavy atom. The lowest BCUT2D eigenvalue weighted by Crippen LogP contribution is -2.34. The molecular weight excluding hydrogens is 244 g/mol. The van der Waals surface area contributed by atoms with Gasteiger partial charge in [-0.25, -0.2) is 8.78 Å². The first kappa shape index (κ1) is 15.0. The molecule has 6 heteroatoms. The van der Waals surface area contributed by atoms with Crippen LogP contribution in [0.15, 0.2) is 18.2 Å². The lowest BCUT2D eigenvalue weighted by Gasteiger charge is -2.23. The Hall–Kier alpha value is -1.08. The molecule has 1 atom stereocenters. The number of aliphatic hydroxyl groups is 3. The minimum absolute atomic E-state index is 0.0566. The molecule has 18 heavy (non-hydrogen) atoms. The number of hydrogen-bond donors (Lipinski definition) is 3. The molecule has 1 unspecified atom stereocenters. The van der Waals surface area contributed by atoms with Crippen LogP contribution in [0.2, 0.25) is 0 Å². The van der Waals surface area contributed by atoms with E-state index >= 15 is 0 Å². The van der Waals surface area contributed by atoms with Crippen molar-refractivity contribution in [3.8, 4) is 0 Å². The van der Waals surface area contributed by atoms with E-state index in [0.29, 0.717) is 0 Å². The zero-order valence-corrected chi connectivity index (χ0v) is 9.89. The molecular formula is C12H17F2NO3. The largest absolute Gasteiger partial charge is 0.395 e. The molecule has 0 heterocycles. The average Bonchev–Trinajstić information content (AvgIpc) is 2.29. The molecule has 0 radical (unpaired) electrons. The summed E-state index contributed by atoms with van der Waals surface area (Å²) in [6, 6.07) is 3.37. The topological polar surface area (TPSA) is 63.9 Å². The summed E-state index contributed by atoms with van der Waals surface area (Å²) >= 11 is 0. The van der Waals surface area contributed by atoms with Crippen LogP contribution in [0, 0.1) is 11.6 Å². The smallest absolute Gasteiger partial charge is 0.131 e. The van der Waals surface area contributed by atoms with Crippen molar-refractivity contribution in [3.63, 3.8) is 0 Å².